The van der Waals surface area contributed by atoms with E-state index >= 15 is 0 Å². The Bertz CT molecular complexity index is 484. The summed E-state index contributed by atoms with van der Waals surface area (Å²) in [7, 11) is 1.69. The highest BCUT2D eigenvalue weighted by atomic mass is 16.5. The van der Waals surface area contributed by atoms with Crippen LogP contribution in [0, 0.1) is 0 Å². The van der Waals surface area contributed by atoms with Gasteiger partial charge in [-0.3, -0.25) is 9.80 Å². The van der Waals surface area contributed by atoms with Gasteiger partial charge in [0.15, 0.2) is 5.84 Å². The third kappa shape index (κ3) is 4.09. The first kappa shape index (κ1) is 15.6. The lowest BCUT2D eigenvalue weighted by atomic mass is 10.1. The molecular weight excluding hydrogens is 268 g/mol. The SMILES string of the molecule is COc1cccc(CN2CCN(C(C)C(N)=NO)CC2)c1. The van der Waals surface area contributed by atoms with Gasteiger partial charge in [0.1, 0.15) is 5.75 Å². The maximum Gasteiger partial charge on any atom is 0.156 e. The van der Waals surface area contributed by atoms with Gasteiger partial charge in [0.25, 0.3) is 0 Å². The summed E-state index contributed by atoms with van der Waals surface area (Å²) in [4.78, 5) is 4.64. The zero-order chi connectivity index (χ0) is 15.2. The maximum atomic E-state index is 8.75. The molecule has 0 saturated carbocycles. The van der Waals surface area contributed by atoms with Crippen LogP contribution in [0.3, 0.4) is 0 Å². The van der Waals surface area contributed by atoms with Gasteiger partial charge in [-0.05, 0) is 24.6 Å². The highest BCUT2D eigenvalue weighted by Crippen LogP contribution is 2.16. The molecule has 1 aromatic carbocycles. The number of hydrogen-bond donors (Lipinski definition) is 2. The van der Waals surface area contributed by atoms with Gasteiger partial charge < -0.3 is 15.7 Å². The second kappa shape index (κ2) is 7.28. The monoisotopic (exact) mass is 292 g/mol. The van der Waals surface area contributed by atoms with Gasteiger partial charge in [-0.25, -0.2) is 0 Å². The van der Waals surface area contributed by atoms with Crippen LogP contribution in [0.25, 0.3) is 0 Å². The average molecular weight is 292 g/mol. The second-order valence-corrected chi connectivity index (χ2v) is 5.36. The lowest BCUT2D eigenvalue weighted by Gasteiger charge is -2.37. The Morgan fingerprint density at radius 1 is 1.38 bits per heavy atom. The van der Waals surface area contributed by atoms with E-state index in [1.807, 2.05) is 19.1 Å². The van der Waals surface area contributed by atoms with Crippen LogP contribution in [-0.4, -0.2) is 60.2 Å². The summed E-state index contributed by atoms with van der Waals surface area (Å²) in [6.07, 6.45) is 0. The number of oxime groups is 1. The van der Waals surface area contributed by atoms with Crippen LogP contribution < -0.4 is 10.5 Å². The van der Waals surface area contributed by atoms with Gasteiger partial charge in [-0.2, -0.15) is 0 Å². The zero-order valence-electron chi connectivity index (χ0n) is 12.7. The number of methoxy groups -OCH3 is 1. The predicted octanol–water partition coefficient (Wildman–Crippen LogP) is 0.948. The van der Waals surface area contributed by atoms with E-state index < -0.39 is 0 Å². The second-order valence-electron chi connectivity index (χ2n) is 5.36. The fourth-order valence-electron chi connectivity index (χ4n) is 2.61. The number of amidine groups is 1. The first-order valence-electron chi connectivity index (χ1n) is 7.20. The summed E-state index contributed by atoms with van der Waals surface area (Å²) in [5.41, 5.74) is 6.93. The minimum absolute atomic E-state index is 0.0195. The Hall–Kier alpha value is -1.79. The smallest absolute Gasteiger partial charge is 0.156 e. The van der Waals surface area contributed by atoms with Crippen LogP contribution in [0.4, 0.5) is 0 Å². The van der Waals surface area contributed by atoms with Gasteiger partial charge in [0.2, 0.25) is 0 Å². The fourth-order valence-corrected chi connectivity index (χ4v) is 2.61. The average Bonchev–Trinajstić information content (AvgIpc) is 2.54. The van der Waals surface area contributed by atoms with Crippen molar-refractivity contribution in [3.05, 3.63) is 29.8 Å². The lowest BCUT2D eigenvalue weighted by molar-refractivity contribution is 0.116. The Morgan fingerprint density at radius 2 is 2.10 bits per heavy atom. The van der Waals surface area contributed by atoms with Crippen molar-refractivity contribution >= 4 is 5.84 Å². The van der Waals surface area contributed by atoms with E-state index in [1.165, 1.54) is 5.56 Å². The highest BCUT2D eigenvalue weighted by Gasteiger charge is 2.23. The van der Waals surface area contributed by atoms with Gasteiger partial charge in [0, 0.05) is 32.7 Å². The molecule has 0 bridgehead atoms. The maximum absolute atomic E-state index is 8.75. The molecule has 21 heavy (non-hydrogen) atoms. The number of nitrogens with zero attached hydrogens (tertiary/aromatic N) is 3. The summed E-state index contributed by atoms with van der Waals surface area (Å²) >= 11 is 0. The summed E-state index contributed by atoms with van der Waals surface area (Å²) < 4.78 is 5.25. The van der Waals surface area contributed by atoms with E-state index in [0.717, 1.165) is 38.5 Å². The minimum Gasteiger partial charge on any atom is -0.497 e. The highest BCUT2D eigenvalue weighted by molar-refractivity contribution is 5.84. The largest absolute Gasteiger partial charge is 0.497 e. The third-order valence-corrected chi connectivity index (χ3v) is 4.04. The number of nitrogens with two attached hydrogens (primary N) is 1. The third-order valence-electron chi connectivity index (χ3n) is 4.04. The molecule has 0 spiro atoms. The molecule has 1 aliphatic heterocycles. The molecular formula is C15H24N4O2. The van der Waals surface area contributed by atoms with Crippen LogP contribution in [0.5, 0.6) is 5.75 Å². The van der Waals surface area contributed by atoms with Crippen LogP contribution in [0.15, 0.2) is 29.4 Å². The van der Waals surface area contributed by atoms with E-state index in [0.29, 0.717) is 0 Å². The molecule has 0 amide bonds. The van der Waals surface area contributed by atoms with Crippen molar-refractivity contribution in [2.24, 2.45) is 10.9 Å². The number of hydrogen-bond acceptors (Lipinski definition) is 5. The normalized spacial score (nSPS) is 19.4. The Labute approximate surface area is 125 Å². The van der Waals surface area contributed by atoms with E-state index in [9.17, 15) is 0 Å². The van der Waals surface area contributed by atoms with Gasteiger partial charge in [-0.1, -0.05) is 17.3 Å². The Morgan fingerprint density at radius 3 is 2.71 bits per heavy atom. The molecule has 0 aromatic heterocycles. The molecule has 1 aliphatic rings. The van der Waals surface area contributed by atoms with E-state index in [-0.39, 0.29) is 11.9 Å². The minimum atomic E-state index is -0.0195. The van der Waals surface area contributed by atoms with Crippen LogP contribution in [0.1, 0.15) is 12.5 Å². The van der Waals surface area contributed by atoms with Crippen molar-refractivity contribution in [3.63, 3.8) is 0 Å². The summed E-state index contributed by atoms with van der Waals surface area (Å²) in [6.45, 7) is 6.67. The Balaban J connectivity index is 1.86. The van der Waals surface area contributed by atoms with Crippen molar-refractivity contribution < 1.29 is 9.94 Å². The first-order valence-corrected chi connectivity index (χ1v) is 7.20. The molecule has 1 unspecified atom stereocenters. The fraction of sp³-hybridized carbons (Fsp3) is 0.533. The van der Waals surface area contributed by atoms with Crippen molar-refractivity contribution in [2.75, 3.05) is 33.3 Å². The molecule has 3 N–H and O–H groups in total. The number of piperazine rings is 1. The van der Waals surface area contributed by atoms with E-state index in [4.69, 9.17) is 15.7 Å². The quantitative estimate of drug-likeness (QED) is 0.366. The summed E-state index contributed by atoms with van der Waals surface area (Å²) in [5, 5.41) is 11.8. The first-order chi connectivity index (χ1) is 10.1. The van der Waals surface area contributed by atoms with Gasteiger partial charge >= 0.3 is 0 Å². The summed E-state index contributed by atoms with van der Waals surface area (Å²) in [5.74, 6) is 1.17. The molecule has 1 atom stereocenters. The van der Waals surface area contributed by atoms with Crippen molar-refractivity contribution in [2.45, 2.75) is 19.5 Å². The van der Waals surface area contributed by atoms with E-state index in [2.05, 4.69) is 27.1 Å². The molecule has 1 saturated heterocycles. The zero-order valence-corrected chi connectivity index (χ0v) is 12.7. The number of benzene rings is 1. The molecule has 6 heteroatoms. The summed E-state index contributed by atoms with van der Waals surface area (Å²) in [6, 6.07) is 8.15. The van der Waals surface area contributed by atoms with Crippen LogP contribution in [0.2, 0.25) is 0 Å². The molecule has 6 nitrogen and oxygen atoms in total. The van der Waals surface area contributed by atoms with E-state index in [1.54, 1.807) is 7.11 Å². The number of ether oxygens (including phenoxy) is 1. The number of rotatable bonds is 5. The molecule has 1 heterocycles. The van der Waals surface area contributed by atoms with Crippen molar-refractivity contribution in [1.82, 2.24) is 9.80 Å². The Kier molecular flexibility index (Phi) is 5.41. The predicted molar refractivity (Wildman–Crippen MR) is 82.7 cm³/mol. The molecule has 1 fully saturated rings. The van der Waals surface area contributed by atoms with Crippen molar-refractivity contribution in [3.8, 4) is 5.75 Å². The molecule has 1 aromatic rings. The molecule has 116 valence electrons. The van der Waals surface area contributed by atoms with Crippen molar-refractivity contribution in [1.29, 1.82) is 0 Å². The molecule has 2 rings (SSSR count). The lowest BCUT2D eigenvalue weighted by Crippen LogP contribution is -2.52. The van der Waals surface area contributed by atoms with Crippen LogP contribution in [-0.2, 0) is 6.54 Å². The van der Waals surface area contributed by atoms with Gasteiger partial charge in [-0.15, -0.1) is 0 Å². The van der Waals surface area contributed by atoms with Gasteiger partial charge in [0.05, 0.1) is 13.2 Å². The molecule has 0 aliphatic carbocycles. The van der Waals surface area contributed by atoms with Crippen LogP contribution >= 0.6 is 0 Å². The standard InChI is InChI=1S/C15H24N4O2/c1-12(15(16)17-20)19-8-6-18(7-9-19)11-13-4-3-5-14(10-13)21-2/h3-5,10,12,20H,6-9,11H2,1-2H3,(H2,16,17). The topological polar surface area (TPSA) is 74.3 Å². The molecule has 0 radical (unpaired) electrons.